The van der Waals surface area contributed by atoms with Gasteiger partial charge in [0.15, 0.2) is 0 Å². The monoisotopic (exact) mass is 244 g/mol. The van der Waals surface area contributed by atoms with Crippen LogP contribution in [0.4, 0.5) is 0 Å². The van der Waals surface area contributed by atoms with Gasteiger partial charge in [-0.2, -0.15) is 10.2 Å². The van der Waals surface area contributed by atoms with Gasteiger partial charge >= 0.3 is 0 Å². The lowest BCUT2D eigenvalue weighted by atomic mass is 9.94. The van der Waals surface area contributed by atoms with Gasteiger partial charge in [-0.25, -0.2) is 9.36 Å². The van der Waals surface area contributed by atoms with Gasteiger partial charge in [0, 0.05) is 24.0 Å². The van der Waals surface area contributed by atoms with Gasteiger partial charge in [-0.05, 0) is 12.8 Å². The van der Waals surface area contributed by atoms with Crippen LogP contribution in [-0.4, -0.2) is 21.4 Å². The molecule has 5 rings (SSSR count). The number of azo groups is 1. The fourth-order valence-electron chi connectivity index (χ4n) is 4.76. The van der Waals surface area contributed by atoms with Crippen LogP contribution in [0.15, 0.2) is 32.0 Å². The molecule has 3 heterocycles. The van der Waals surface area contributed by atoms with E-state index in [-0.39, 0.29) is 35.3 Å². The Kier molecular flexibility index (Phi) is 1.36. The Morgan fingerprint density at radius 2 is 1.39 bits per heavy atom. The second-order valence-electron chi connectivity index (χ2n) is 5.83. The first-order valence-corrected chi connectivity index (χ1v) is 6.50. The van der Waals surface area contributed by atoms with Crippen molar-refractivity contribution in [2.75, 3.05) is 0 Å². The van der Waals surface area contributed by atoms with Crippen LogP contribution >= 0.6 is 0 Å². The van der Waals surface area contributed by atoms with E-state index in [0.29, 0.717) is 11.8 Å². The molecule has 1 aromatic heterocycles. The quantitative estimate of drug-likeness (QED) is 0.660. The largest absolute Gasteiger partial charge is 0.268 e. The second kappa shape index (κ2) is 2.65. The van der Waals surface area contributed by atoms with Crippen molar-refractivity contribution in [3.63, 3.8) is 0 Å². The number of nitrogens with zero attached hydrogens (tertiary/aromatic N) is 4. The molecule has 2 saturated carbocycles. The first kappa shape index (κ1) is 9.24. The average Bonchev–Trinajstić information content (AvgIpc) is 3.01. The van der Waals surface area contributed by atoms with Crippen molar-refractivity contribution in [1.82, 2.24) is 9.36 Å². The molecule has 6 atom stereocenters. The van der Waals surface area contributed by atoms with E-state index in [0.717, 1.165) is 12.8 Å². The van der Waals surface area contributed by atoms with Crippen LogP contribution in [0, 0.1) is 11.8 Å². The van der Waals surface area contributed by atoms with Crippen LogP contribution in [-0.2, 0) is 0 Å². The highest BCUT2D eigenvalue weighted by Gasteiger charge is 2.63. The smallest absolute Gasteiger partial charge is 0.265 e. The third-order valence-corrected chi connectivity index (χ3v) is 5.23. The zero-order valence-electron chi connectivity index (χ0n) is 9.64. The molecule has 2 aliphatic heterocycles. The van der Waals surface area contributed by atoms with Gasteiger partial charge in [-0.15, -0.1) is 0 Å². The highest BCUT2D eigenvalue weighted by atomic mass is 16.2. The Morgan fingerprint density at radius 1 is 0.889 bits per heavy atom. The fraction of sp³-hybridized carbons (Fsp3) is 0.667. The molecular weight excluding hydrogens is 232 g/mol. The van der Waals surface area contributed by atoms with Crippen molar-refractivity contribution in [3.8, 4) is 0 Å². The minimum atomic E-state index is -0.0533. The molecule has 2 aliphatic carbocycles. The molecule has 92 valence electrons. The van der Waals surface area contributed by atoms with Crippen LogP contribution in [0.3, 0.4) is 0 Å². The zero-order chi connectivity index (χ0) is 12.0. The first-order valence-electron chi connectivity index (χ1n) is 6.50. The van der Waals surface area contributed by atoms with Gasteiger partial charge in [0.1, 0.15) is 0 Å². The van der Waals surface area contributed by atoms with Crippen molar-refractivity contribution in [2.45, 2.75) is 37.0 Å². The first-order chi connectivity index (χ1) is 8.75. The van der Waals surface area contributed by atoms with Crippen LogP contribution in [0.25, 0.3) is 0 Å². The number of fused-ring (bicyclic) bond motifs is 3. The number of hydrogen-bond donors (Lipinski definition) is 0. The number of hydrogen-bond acceptors (Lipinski definition) is 4. The molecule has 0 saturated heterocycles. The van der Waals surface area contributed by atoms with Crippen LogP contribution in [0.5, 0.6) is 0 Å². The summed E-state index contributed by atoms with van der Waals surface area (Å²) in [5, 5.41) is 8.69. The topological polar surface area (TPSA) is 68.7 Å². The number of aromatic nitrogens is 2. The third kappa shape index (κ3) is 0.795. The molecule has 2 unspecified atom stereocenters. The molecule has 0 amide bonds. The Labute approximate surface area is 102 Å². The Hall–Kier alpha value is -1.72. The molecule has 18 heavy (non-hydrogen) atoms. The summed E-state index contributed by atoms with van der Waals surface area (Å²) in [6.07, 6.45) is 1.74. The van der Waals surface area contributed by atoms with Crippen molar-refractivity contribution in [2.24, 2.45) is 22.1 Å². The lowest BCUT2D eigenvalue weighted by Gasteiger charge is -2.14. The summed E-state index contributed by atoms with van der Waals surface area (Å²) in [6, 6.07) is 3.68. The van der Waals surface area contributed by atoms with Crippen molar-refractivity contribution in [3.05, 3.63) is 32.8 Å². The SMILES string of the molecule is O=c1ccc(=O)n2n1[C@@H]1C[C@@H]3N=N[C@@H]4C[C@H]2C1C34. The van der Waals surface area contributed by atoms with E-state index in [2.05, 4.69) is 10.2 Å². The molecule has 1 aromatic rings. The van der Waals surface area contributed by atoms with E-state index in [4.69, 9.17) is 0 Å². The van der Waals surface area contributed by atoms with E-state index in [1.54, 1.807) is 9.36 Å². The summed E-state index contributed by atoms with van der Waals surface area (Å²) in [5.74, 6) is 0.856. The predicted molar refractivity (Wildman–Crippen MR) is 61.7 cm³/mol. The maximum absolute atomic E-state index is 12.0. The normalized spacial score (nSPS) is 45.6. The molecule has 4 aliphatic rings. The molecule has 0 radical (unpaired) electrons. The predicted octanol–water partition coefficient (Wildman–Crippen LogP) is 0.349. The van der Waals surface area contributed by atoms with Crippen molar-refractivity contribution >= 4 is 0 Å². The Bertz CT molecular complexity index is 646. The van der Waals surface area contributed by atoms with Gasteiger partial charge in [0.25, 0.3) is 11.1 Å². The summed E-state index contributed by atoms with van der Waals surface area (Å²) in [4.78, 5) is 24.1. The van der Waals surface area contributed by atoms with Crippen molar-refractivity contribution in [1.29, 1.82) is 0 Å². The summed E-state index contributed by atoms with van der Waals surface area (Å²) in [5.41, 5.74) is -0.107. The lowest BCUT2D eigenvalue weighted by Crippen LogP contribution is -2.36. The molecule has 0 bridgehead atoms. The standard InChI is InChI=1S/C12H12N4O2/c17-9-1-2-10(18)16-8-4-6-11-5(13-14-6)3-7(12(8)11)15(9)16/h1-2,5-8,11-12H,3-4H2/t5-,6+,7+,8-,11?,12?. The van der Waals surface area contributed by atoms with Gasteiger partial charge < -0.3 is 0 Å². The lowest BCUT2D eigenvalue weighted by molar-refractivity contribution is 0.364. The van der Waals surface area contributed by atoms with E-state index in [9.17, 15) is 9.59 Å². The third-order valence-electron chi connectivity index (χ3n) is 5.23. The van der Waals surface area contributed by atoms with Crippen LogP contribution in [0.1, 0.15) is 24.9 Å². The Morgan fingerprint density at radius 3 is 1.89 bits per heavy atom. The van der Waals surface area contributed by atoms with Gasteiger partial charge in [0.2, 0.25) is 0 Å². The molecular formula is C12H12N4O2. The minimum absolute atomic E-state index is 0.0533. The molecule has 6 heteroatoms. The van der Waals surface area contributed by atoms with Gasteiger partial charge in [-0.3, -0.25) is 9.59 Å². The highest BCUT2D eigenvalue weighted by molar-refractivity contribution is 5.16. The summed E-state index contributed by atoms with van der Waals surface area (Å²) in [7, 11) is 0. The average molecular weight is 244 g/mol. The molecule has 2 fully saturated rings. The van der Waals surface area contributed by atoms with Crippen LogP contribution < -0.4 is 11.1 Å². The molecule has 0 spiro atoms. The molecule has 0 aromatic carbocycles. The van der Waals surface area contributed by atoms with E-state index in [1.165, 1.54) is 12.1 Å². The summed E-state index contributed by atoms with van der Waals surface area (Å²) in [6.45, 7) is 0. The number of rotatable bonds is 0. The van der Waals surface area contributed by atoms with Gasteiger partial charge in [-0.1, -0.05) is 0 Å². The zero-order valence-corrected chi connectivity index (χ0v) is 9.64. The highest BCUT2D eigenvalue weighted by Crippen LogP contribution is 2.61. The Balaban J connectivity index is 1.83. The molecule has 6 nitrogen and oxygen atoms in total. The maximum atomic E-state index is 12.0. The fourth-order valence-corrected chi connectivity index (χ4v) is 4.76. The summed E-state index contributed by atoms with van der Waals surface area (Å²) < 4.78 is 3.39. The minimum Gasteiger partial charge on any atom is -0.268 e. The maximum Gasteiger partial charge on any atom is 0.265 e. The summed E-state index contributed by atoms with van der Waals surface area (Å²) >= 11 is 0. The van der Waals surface area contributed by atoms with E-state index < -0.39 is 0 Å². The van der Waals surface area contributed by atoms with E-state index in [1.807, 2.05) is 0 Å². The van der Waals surface area contributed by atoms with Gasteiger partial charge in [0.05, 0.1) is 24.2 Å². The van der Waals surface area contributed by atoms with E-state index >= 15 is 0 Å². The molecule has 0 N–H and O–H groups in total. The van der Waals surface area contributed by atoms with Crippen molar-refractivity contribution < 1.29 is 0 Å². The second-order valence-corrected chi connectivity index (χ2v) is 5.83. The van der Waals surface area contributed by atoms with Crippen LogP contribution in [0.2, 0.25) is 0 Å².